The maximum atomic E-state index is 13.5. The van der Waals surface area contributed by atoms with Crippen LogP contribution in [0.1, 0.15) is 17.2 Å². The van der Waals surface area contributed by atoms with Crippen LogP contribution >= 0.6 is 11.6 Å². The highest BCUT2D eigenvalue weighted by Crippen LogP contribution is 2.48. The summed E-state index contributed by atoms with van der Waals surface area (Å²) >= 11 is 6.29. The molecule has 0 bridgehead atoms. The summed E-state index contributed by atoms with van der Waals surface area (Å²) in [6.45, 7) is 2.01. The van der Waals surface area contributed by atoms with E-state index >= 15 is 0 Å². The summed E-state index contributed by atoms with van der Waals surface area (Å²) in [5.74, 6) is -1.37. The number of nitrogens with zero attached hydrogens (tertiary/aromatic N) is 2. The quantitative estimate of drug-likeness (QED) is 0.578. The number of amides is 2. The van der Waals surface area contributed by atoms with E-state index in [2.05, 4.69) is 0 Å². The van der Waals surface area contributed by atoms with Crippen molar-refractivity contribution in [2.24, 2.45) is 5.92 Å². The second-order valence-electron chi connectivity index (χ2n) is 7.53. The van der Waals surface area contributed by atoms with Gasteiger partial charge in [0.05, 0.1) is 22.4 Å². The van der Waals surface area contributed by atoms with E-state index in [9.17, 15) is 9.59 Å². The van der Waals surface area contributed by atoms with Gasteiger partial charge in [-0.15, -0.1) is 0 Å². The molecular formula is C24H19ClN2O3. The standard InChI is InChI=1S/C24H19ClN2O3/c1-15-11-13-16(14-12-15)21-20-22(30-27(21)17-7-3-2-4-8-17)24(29)26(23(20)28)19-10-6-5-9-18(19)25/h2-14,20-22H,1H3/t20-,21+,22-/m0/s1. The van der Waals surface area contributed by atoms with Crippen LogP contribution in [0.4, 0.5) is 11.4 Å². The second kappa shape index (κ2) is 7.27. The molecule has 2 fully saturated rings. The number of hydrogen-bond acceptors (Lipinski definition) is 4. The fourth-order valence-electron chi connectivity index (χ4n) is 4.19. The molecule has 0 saturated carbocycles. The van der Waals surface area contributed by atoms with Crippen molar-refractivity contribution in [1.29, 1.82) is 0 Å². The highest BCUT2D eigenvalue weighted by Gasteiger charge is 2.60. The zero-order valence-electron chi connectivity index (χ0n) is 16.2. The van der Waals surface area contributed by atoms with Crippen molar-refractivity contribution in [2.75, 3.05) is 9.96 Å². The van der Waals surface area contributed by atoms with E-state index in [1.54, 1.807) is 29.3 Å². The SMILES string of the molecule is Cc1ccc([C@@H]2[C@@H]3C(=O)N(c4ccccc4Cl)C(=O)[C@H]3ON2c2ccccc2)cc1. The lowest BCUT2D eigenvalue weighted by molar-refractivity contribution is -0.126. The molecule has 2 heterocycles. The molecule has 6 heteroatoms. The van der Waals surface area contributed by atoms with Crippen LogP contribution in [0.2, 0.25) is 5.02 Å². The lowest BCUT2D eigenvalue weighted by atomic mass is 9.90. The highest BCUT2D eigenvalue weighted by molar-refractivity contribution is 6.36. The van der Waals surface area contributed by atoms with Gasteiger partial charge in [-0.2, -0.15) is 0 Å². The monoisotopic (exact) mass is 418 g/mol. The number of rotatable bonds is 3. The molecule has 3 aromatic rings. The Morgan fingerprint density at radius 2 is 1.50 bits per heavy atom. The summed E-state index contributed by atoms with van der Waals surface area (Å²) < 4.78 is 0. The Hall–Kier alpha value is -3.15. The number of carbonyl (C=O) groups excluding carboxylic acids is 2. The smallest absolute Gasteiger partial charge is 0.266 e. The maximum Gasteiger partial charge on any atom is 0.266 e. The van der Waals surface area contributed by atoms with Gasteiger partial charge < -0.3 is 0 Å². The minimum atomic E-state index is -0.903. The average molecular weight is 419 g/mol. The van der Waals surface area contributed by atoms with Crippen molar-refractivity contribution < 1.29 is 14.4 Å². The molecule has 3 atom stereocenters. The second-order valence-corrected chi connectivity index (χ2v) is 7.94. The number of fused-ring (bicyclic) bond motifs is 1. The average Bonchev–Trinajstić information content (AvgIpc) is 3.26. The molecule has 5 nitrogen and oxygen atoms in total. The van der Waals surface area contributed by atoms with Crippen molar-refractivity contribution in [2.45, 2.75) is 19.1 Å². The Labute approximate surface area is 179 Å². The molecule has 0 aliphatic carbocycles. The Balaban J connectivity index is 1.60. The largest absolute Gasteiger partial charge is 0.273 e. The summed E-state index contributed by atoms with van der Waals surface area (Å²) in [5, 5.41) is 2.05. The molecule has 150 valence electrons. The number of para-hydroxylation sites is 2. The third-order valence-corrected chi connectivity index (χ3v) is 5.96. The number of carbonyl (C=O) groups is 2. The van der Waals surface area contributed by atoms with E-state index in [0.29, 0.717) is 10.7 Å². The molecule has 3 aromatic carbocycles. The normalized spacial score (nSPS) is 23.2. The van der Waals surface area contributed by atoms with Gasteiger partial charge in [-0.1, -0.05) is 71.8 Å². The number of aryl methyl sites for hydroxylation is 1. The molecule has 2 saturated heterocycles. The Morgan fingerprint density at radius 1 is 0.833 bits per heavy atom. The third kappa shape index (κ3) is 2.90. The number of imide groups is 1. The van der Waals surface area contributed by atoms with Crippen molar-refractivity contribution in [3.05, 3.63) is 95.0 Å². The van der Waals surface area contributed by atoms with Crippen LogP contribution in [-0.2, 0) is 14.4 Å². The maximum absolute atomic E-state index is 13.5. The van der Waals surface area contributed by atoms with E-state index < -0.39 is 24.0 Å². The molecule has 2 aliphatic rings. The van der Waals surface area contributed by atoms with Gasteiger partial charge in [0.15, 0.2) is 6.10 Å². The lowest BCUT2D eigenvalue weighted by Gasteiger charge is -2.29. The van der Waals surface area contributed by atoms with Crippen LogP contribution in [0, 0.1) is 12.8 Å². The van der Waals surface area contributed by atoms with Gasteiger partial charge in [0, 0.05) is 0 Å². The first-order valence-electron chi connectivity index (χ1n) is 9.76. The number of anilines is 2. The van der Waals surface area contributed by atoms with E-state index in [1.807, 2.05) is 61.5 Å². The van der Waals surface area contributed by atoms with Gasteiger partial charge in [-0.05, 0) is 36.8 Å². The van der Waals surface area contributed by atoms with Crippen LogP contribution in [0.15, 0.2) is 78.9 Å². The lowest BCUT2D eigenvalue weighted by Crippen LogP contribution is -2.37. The zero-order valence-corrected chi connectivity index (χ0v) is 17.0. The van der Waals surface area contributed by atoms with E-state index in [1.165, 1.54) is 4.90 Å². The van der Waals surface area contributed by atoms with E-state index in [-0.39, 0.29) is 5.91 Å². The fourth-order valence-corrected chi connectivity index (χ4v) is 4.41. The molecule has 2 aliphatic heterocycles. The van der Waals surface area contributed by atoms with Gasteiger partial charge >= 0.3 is 0 Å². The van der Waals surface area contributed by atoms with Crippen LogP contribution in [0.3, 0.4) is 0 Å². The minimum absolute atomic E-state index is 0.304. The van der Waals surface area contributed by atoms with Gasteiger partial charge in [0.1, 0.15) is 5.92 Å². The van der Waals surface area contributed by atoms with Gasteiger partial charge in [-0.25, -0.2) is 9.96 Å². The number of benzene rings is 3. The summed E-state index contributed by atoms with van der Waals surface area (Å²) in [6, 6.07) is 23.9. The Kier molecular flexibility index (Phi) is 4.57. The molecule has 0 unspecified atom stereocenters. The first-order valence-corrected chi connectivity index (χ1v) is 10.1. The topological polar surface area (TPSA) is 49.9 Å². The van der Waals surface area contributed by atoms with Crippen LogP contribution in [-0.4, -0.2) is 17.9 Å². The Morgan fingerprint density at radius 3 is 2.20 bits per heavy atom. The Bertz CT molecular complexity index is 1120. The van der Waals surface area contributed by atoms with Gasteiger partial charge in [0.25, 0.3) is 5.91 Å². The van der Waals surface area contributed by atoms with Crippen LogP contribution in [0.25, 0.3) is 0 Å². The molecule has 0 radical (unpaired) electrons. The van der Waals surface area contributed by atoms with Crippen molar-refractivity contribution in [3.63, 3.8) is 0 Å². The van der Waals surface area contributed by atoms with Crippen molar-refractivity contribution in [3.8, 4) is 0 Å². The predicted octanol–water partition coefficient (Wildman–Crippen LogP) is 4.70. The fraction of sp³-hybridized carbons (Fsp3) is 0.167. The van der Waals surface area contributed by atoms with E-state index in [4.69, 9.17) is 16.4 Å². The van der Waals surface area contributed by atoms with Crippen LogP contribution in [0.5, 0.6) is 0 Å². The molecule has 30 heavy (non-hydrogen) atoms. The molecule has 5 rings (SSSR count). The minimum Gasteiger partial charge on any atom is -0.273 e. The molecule has 0 spiro atoms. The number of halogens is 1. The number of hydroxylamine groups is 1. The number of hydrogen-bond donors (Lipinski definition) is 0. The predicted molar refractivity (Wildman–Crippen MR) is 115 cm³/mol. The first-order chi connectivity index (χ1) is 14.6. The summed E-state index contributed by atoms with van der Waals surface area (Å²) in [5.41, 5.74) is 3.22. The van der Waals surface area contributed by atoms with Gasteiger partial charge in [-0.3, -0.25) is 14.4 Å². The van der Waals surface area contributed by atoms with Crippen molar-refractivity contribution in [1.82, 2.24) is 0 Å². The van der Waals surface area contributed by atoms with E-state index in [0.717, 1.165) is 16.8 Å². The van der Waals surface area contributed by atoms with Crippen LogP contribution < -0.4 is 9.96 Å². The molecule has 0 aromatic heterocycles. The first kappa shape index (κ1) is 18.9. The van der Waals surface area contributed by atoms with Gasteiger partial charge in [0.2, 0.25) is 5.91 Å². The van der Waals surface area contributed by atoms with Crippen molar-refractivity contribution >= 4 is 34.8 Å². The highest BCUT2D eigenvalue weighted by atomic mass is 35.5. The molecule has 0 N–H and O–H groups in total. The summed E-state index contributed by atoms with van der Waals surface area (Å²) in [4.78, 5) is 34.1. The summed E-state index contributed by atoms with van der Waals surface area (Å²) in [7, 11) is 0. The molecular weight excluding hydrogens is 400 g/mol. The summed E-state index contributed by atoms with van der Waals surface area (Å²) in [6.07, 6.45) is -0.903. The third-order valence-electron chi connectivity index (χ3n) is 5.64. The zero-order chi connectivity index (χ0) is 20.8. The molecule has 2 amide bonds.